The molecule has 0 aromatic heterocycles. The number of benzene rings is 1. The van der Waals surface area contributed by atoms with Crippen molar-refractivity contribution in [1.82, 2.24) is 5.32 Å². The van der Waals surface area contributed by atoms with Crippen LogP contribution in [0, 0.1) is 0 Å². The molecular weight excluding hydrogens is 276 g/mol. The zero-order valence-electron chi connectivity index (χ0n) is 10.1. The van der Waals surface area contributed by atoms with Gasteiger partial charge in [-0.2, -0.15) is 0 Å². The number of carbonyl (C=O) groups is 1. The topological polar surface area (TPSA) is 75.3 Å². The fourth-order valence-corrected chi connectivity index (χ4v) is 2.63. The van der Waals surface area contributed by atoms with Gasteiger partial charge in [0, 0.05) is 23.0 Å². The van der Waals surface area contributed by atoms with E-state index in [4.69, 9.17) is 11.6 Å². The van der Waals surface area contributed by atoms with Gasteiger partial charge in [-0.1, -0.05) is 17.7 Å². The van der Waals surface area contributed by atoms with Crippen molar-refractivity contribution in [3.8, 4) is 0 Å². The molecule has 2 amide bonds. The molecule has 0 saturated carbocycles. The van der Waals surface area contributed by atoms with Gasteiger partial charge >= 0.3 is 6.03 Å². The fourth-order valence-electron chi connectivity index (χ4n) is 1.45. The second kappa shape index (κ2) is 6.06. The molecule has 1 aromatic rings. The number of rotatable bonds is 4. The summed E-state index contributed by atoms with van der Waals surface area (Å²) in [7, 11) is -3.11. The summed E-state index contributed by atoms with van der Waals surface area (Å²) in [6.45, 7) is 1.62. The van der Waals surface area contributed by atoms with Crippen LogP contribution in [0.25, 0.3) is 0 Å². The molecule has 0 unspecified atom stereocenters. The molecule has 18 heavy (non-hydrogen) atoms. The number of hydrogen-bond acceptors (Lipinski definition) is 3. The summed E-state index contributed by atoms with van der Waals surface area (Å²) in [6.07, 6.45) is 1.13. The third kappa shape index (κ3) is 5.88. The minimum Gasteiger partial charge on any atom is -0.334 e. The van der Waals surface area contributed by atoms with Crippen LogP contribution >= 0.6 is 11.6 Å². The molecule has 0 aliphatic carbocycles. The molecule has 1 aromatic carbocycles. The first-order valence-corrected chi connectivity index (χ1v) is 7.71. The van der Waals surface area contributed by atoms with E-state index in [9.17, 15) is 13.2 Å². The molecular formula is C11H15ClN2O3S. The molecule has 5 nitrogen and oxygen atoms in total. The Morgan fingerprint density at radius 3 is 2.67 bits per heavy atom. The van der Waals surface area contributed by atoms with Crippen molar-refractivity contribution < 1.29 is 13.2 Å². The van der Waals surface area contributed by atoms with E-state index >= 15 is 0 Å². The molecule has 2 N–H and O–H groups in total. The predicted molar refractivity (Wildman–Crippen MR) is 72.8 cm³/mol. The second-order valence-electron chi connectivity index (χ2n) is 4.10. The summed E-state index contributed by atoms with van der Waals surface area (Å²) in [5, 5.41) is 5.61. The number of amides is 2. The lowest BCUT2D eigenvalue weighted by atomic mass is 10.3. The zero-order valence-corrected chi connectivity index (χ0v) is 11.7. The quantitative estimate of drug-likeness (QED) is 0.889. The molecule has 0 spiro atoms. The molecule has 0 radical (unpaired) electrons. The lowest BCUT2D eigenvalue weighted by Crippen LogP contribution is -2.39. The largest absolute Gasteiger partial charge is 0.334 e. The molecule has 0 aliphatic heterocycles. The Bertz CT molecular complexity index is 531. The van der Waals surface area contributed by atoms with E-state index in [0.29, 0.717) is 10.7 Å². The number of carbonyl (C=O) groups excluding carboxylic acids is 1. The molecule has 1 rings (SSSR count). The summed E-state index contributed by atoms with van der Waals surface area (Å²) < 4.78 is 22.1. The van der Waals surface area contributed by atoms with Crippen LogP contribution in [0.2, 0.25) is 5.02 Å². The maximum atomic E-state index is 11.6. The Labute approximate surface area is 111 Å². The Balaban J connectivity index is 2.52. The van der Waals surface area contributed by atoms with Crippen molar-refractivity contribution in [3.63, 3.8) is 0 Å². The predicted octanol–water partition coefficient (Wildman–Crippen LogP) is 1.89. The van der Waals surface area contributed by atoms with E-state index in [1.807, 2.05) is 0 Å². The first-order chi connectivity index (χ1) is 8.26. The minimum atomic E-state index is -3.11. The summed E-state index contributed by atoms with van der Waals surface area (Å²) in [4.78, 5) is 11.6. The van der Waals surface area contributed by atoms with Gasteiger partial charge in [0.15, 0.2) is 0 Å². The van der Waals surface area contributed by atoms with Gasteiger partial charge in [-0.05, 0) is 25.1 Å². The van der Waals surface area contributed by atoms with Crippen LogP contribution in [0.15, 0.2) is 24.3 Å². The Kier molecular flexibility index (Phi) is 4.98. The van der Waals surface area contributed by atoms with Crippen molar-refractivity contribution in [1.29, 1.82) is 0 Å². The number of anilines is 1. The van der Waals surface area contributed by atoms with Crippen molar-refractivity contribution in [2.75, 3.05) is 17.3 Å². The first kappa shape index (κ1) is 14.8. The van der Waals surface area contributed by atoms with Crippen molar-refractivity contribution in [2.45, 2.75) is 13.0 Å². The van der Waals surface area contributed by atoms with Crippen LogP contribution in [-0.4, -0.2) is 32.5 Å². The smallest absolute Gasteiger partial charge is 0.319 e. The Morgan fingerprint density at radius 1 is 1.44 bits per heavy atom. The molecule has 0 bridgehead atoms. The van der Waals surface area contributed by atoms with Gasteiger partial charge in [0.05, 0.1) is 5.75 Å². The van der Waals surface area contributed by atoms with E-state index in [2.05, 4.69) is 10.6 Å². The number of halogens is 1. The van der Waals surface area contributed by atoms with Gasteiger partial charge in [0.1, 0.15) is 9.84 Å². The third-order valence-corrected chi connectivity index (χ3v) is 3.35. The normalized spacial score (nSPS) is 12.8. The maximum absolute atomic E-state index is 11.6. The van der Waals surface area contributed by atoms with E-state index in [1.165, 1.54) is 0 Å². The van der Waals surface area contributed by atoms with Gasteiger partial charge < -0.3 is 10.6 Å². The lowest BCUT2D eigenvalue weighted by Gasteiger charge is -2.13. The summed E-state index contributed by atoms with van der Waals surface area (Å²) in [6, 6.07) is 5.76. The standard InChI is InChI=1S/C11H15ClN2O3S/c1-8(7-18(2,16)17)13-11(15)14-10-5-3-4-9(12)6-10/h3-6,8H,7H2,1-2H3,(H2,13,14,15)/t8-/m1/s1. The SMILES string of the molecule is C[C@H](CS(C)(=O)=O)NC(=O)Nc1cccc(Cl)c1. The summed E-state index contributed by atoms with van der Waals surface area (Å²) in [5.41, 5.74) is 0.548. The molecule has 0 aliphatic rings. The molecule has 7 heteroatoms. The van der Waals surface area contributed by atoms with Gasteiger partial charge in [-0.25, -0.2) is 13.2 Å². The van der Waals surface area contributed by atoms with Crippen molar-refractivity contribution in [3.05, 3.63) is 29.3 Å². The average Bonchev–Trinajstić information content (AvgIpc) is 2.13. The highest BCUT2D eigenvalue weighted by Gasteiger charge is 2.13. The number of hydrogen-bond donors (Lipinski definition) is 2. The lowest BCUT2D eigenvalue weighted by molar-refractivity contribution is 0.250. The number of nitrogens with one attached hydrogen (secondary N) is 2. The fraction of sp³-hybridized carbons (Fsp3) is 0.364. The van der Waals surface area contributed by atoms with Crippen molar-refractivity contribution in [2.24, 2.45) is 0 Å². The van der Waals surface area contributed by atoms with E-state index < -0.39 is 21.9 Å². The van der Waals surface area contributed by atoms with E-state index in [0.717, 1.165) is 6.26 Å². The molecule has 0 heterocycles. The molecule has 0 saturated heterocycles. The zero-order chi connectivity index (χ0) is 13.8. The molecule has 100 valence electrons. The van der Waals surface area contributed by atoms with Crippen LogP contribution in [0.3, 0.4) is 0 Å². The van der Waals surface area contributed by atoms with Crippen molar-refractivity contribution >= 4 is 33.2 Å². The highest BCUT2D eigenvalue weighted by atomic mass is 35.5. The average molecular weight is 291 g/mol. The number of sulfone groups is 1. The molecule has 1 atom stereocenters. The van der Waals surface area contributed by atoms with Crippen LogP contribution in [0.1, 0.15) is 6.92 Å². The van der Waals surface area contributed by atoms with Crippen LogP contribution < -0.4 is 10.6 Å². The summed E-state index contributed by atoms with van der Waals surface area (Å²) >= 11 is 5.77. The Morgan fingerprint density at radius 2 is 2.11 bits per heavy atom. The summed E-state index contributed by atoms with van der Waals surface area (Å²) in [5.74, 6) is -0.101. The van der Waals surface area contributed by atoms with Gasteiger partial charge in [-0.3, -0.25) is 0 Å². The third-order valence-electron chi connectivity index (χ3n) is 2.01. The minimum absolute atomic E-state index is 0.101. The van der Waals surface area contributed by atoms with Gasteiger partial charge in [0.2, 0.25) is 0 Å². The van der Waals surface area contributed by atoms with E-state index in [-0.39, 0.29) is 5.75 Å². The molecule has 0 fully saturated rings. The monoisotopic (exact) mass is 290 g/mol. The highest BCUT2D eigenvalue weighted by molar-refractivity contribution is 7.90. The van der Waals surface area contributed by atoms with Crippen LogP contribution in [0.4, 0.5) is 10.5 Å². The van der Waals surface area contributed by atoms with Crippen LogP contribution in [0.5, 0.6) is 0 Å². The van der Waals surface area contributed by atoms with E-state index in [1.54, 1.807) is 31.2 Å². The highest BCUT2D eigenvalue weighted by Crippen LogP contribution is 2.14. The maximum Gasteiger partial charge on any atom is 0.319 e. The Hall–Kier alpha value is -1.27. The van der Waals surface area contributed by atoms with Gasteiger partial charge in [-0.15, -0.1) is 0 Å². The van der Waals surface area contributed by atoms with Crippen LogP contribution in [-0.2, 0) is 9.84 Å². The first-order valence-electron chi connectivity index (χ1n) is 5.27. The van der Waals surface area contributed by atoms with Gasteiger partial charge in [0.25, 0.3) is 0 Å². The number of urea groups is 1. The second-order valence-corrected chi connectivity index (χ2v) is 6.72.